The Bertz CT molecular complexity index is 347. The molecule has 0 aliphatic carbocycles. The summed E-state index contributed by atoms with van der Waals surface area (Å²) in [5.41, 5.74) is 0. The number of carbonyl (C=O) groups is 1. The molecule has 5 nitrogen and oxygen atoms in total. The fourth-order valence-corrected chi connectivity index (χ4v) is 1.47. The van der Waals surface area contributed by atoms with Crippen LogP contribution < -0.4 is 5.32 Å². The summed E-state index contributed by atoms with van der Waals surface area (Å²) in [6.45, 7) is 7.67. The van der Waals surface area contributed by atoms with E-state index in [0.29, 0.717) is 19.0 Å². The minimum atomic E-state index is -0.0720. The summed E-state index contributed by atoms with van der Waals surface area (Å²) in [5, 5.41) is 7.01. The quantitative estimate of drug-likeness (QED) is 0.758. The number of nitrogens with zero attached hydrogens (tertiary/aromatic N) is 3. The van der Waals surface area contributed by atoms with Crippen LogP contribution in [0.1, 0.15) is 6.92 Å². The molecule has 0 aromatic carbocycles. The molecule has 0 spiro atoms. The second-order valence-electron chi connectivity index (χ2n) is 4.19. The first-order valence-electron chi connectivity index (χ1n) is 5.70. The van der Waals surface area contributed by atoms with E-state index >= 15 is 0 Å². The van der Waals surface area contributed by atoms with Crippen LogP contribution in [-0.2, 0) is 6.54 Å². The van der Waals surface area contributed by atoms with Gasteiger partial charge in [-0.2, -0.15) is 5.10 Å². The summed E-state index contributed by atoms with van der Waals surface area (Å²) < 4.78 is 1.87. The van der Waals surface area contributed by atoms with Crippen molar-refractivity contribution < 1.29 is 4.79 Å². The molecule has 1 atom stereocenters. The Balaban J connectivity index is 2.25. The number of urea groups is 1. The zero-order chi connectivity index (χ0) is 12.7. The average molecular weight is 236 g/mol. The van der Waals surface area contributed by atoms with E-state index in [1.54, 1.807) is 24.2 Å². The maximum atomic E-state index is 11.6. The monoisotopic (exact) mass is 236 g/mol. The molecule has 2 amide bonds. The summed E-state index contributed by atoms with van der Waals surface area (Å²) in [4.78, 5) is 13.2. The number of amides is 2. The van der Waals surface area contributed by atoms with Gasteiger partial charge in [-0.05, 0) is 12.0 Å². The molecule has 5 heteroatoms. The Kier molecular flexibility index (Phi) is 5.26. The largest absolute Gasteiger partial charge is 0.338 e. The number of rotatable bonds is 6. The molecule has 94 valence electrons. The molecule has 0 aliphatic heterocycles. The number of aromatic nitrogens is 2. The topological polar surface area (TPSA) is 50.2 Å². The predicted octanol–water partition coefficient (Wildman–Crippen LogP) is 1.35. The Morgan fingerprint density at radius 3 is 3.06 bits per heavy atom. The van der Waals surface area contributed by atoms with Gasteiger partial charge in [0, 0.05) is 39.1 Å². The van der Waals surface area contributed by atoms with E-state index in [1.165, 1.54) is 0 Å². The standard InChI is InChI=1S/C12H20N4O/c1-4-7-15(3)12(17)13-9-11(2)10-16-8-5-6-14-16/h4-6,8,11H,1,7,9-10H2,2-3H3,(H,13,17)/t11-/m1/s1. The maximum Gasteiger partial charge on any atom is 0.317 e. The molecule has 1 heterocycles. The van der Waals surface area contributed by atoms with Crippen LogP contribution in [0.25, 0.3) is 0 Å². The molecular formula is C12H20N4O. The lowest BCUT2D eigenvalue weighted by molar-refractivity contribution is 0.210. The molecule has 0 unspecified atom stereocenters. The first-order valence-corrected chi connectivity index (χ1v) is 5.70. The highest BCUT2D eigenvalue weighted by Gasteiger charge is 2.09. The van der Waals surface area contributed by atoms with E-state index in [2.05, 4.69) is 23.9 Å². The van der Waals surface area contributed by atoms with Crippen molar-refractivity contribution in [3.63, 3.8) is 0 Å². The normalized spacial score (nSPS) is 11.9. The highest BCUT2D eigenvalue weighted by atomic mass is 16.2. The first kappa shape index (κ1) is 13.3. The lowest BCUT2D eigenvalue weighted by atomic mass is 10.2. The van der Waals surface area contributed by atoms with Gasteiger partial charge in [0.25, 0.3) is 0 Å². The van der Waals surface area contributed by atoms with E-state index in [9.17, 15) is 4.79 Å². The average Bonchev–Trinajstić information content (AvgIpc) is 2.79. The van der Waals surface area contributed by atoms with Crippen molar-refractivity contribution in [3.8, 4) is 0 Å². The van der Waals surface area contributed by atoms with Crippen LogP contribution in [0.15, 0.2) is 31.1 Å². The van der Waals surface area contributed by atoms with Crippen LogP contribution in [0.4, 0.5) is 4.79 Å². The molecule has 1 aromatic rings. The predicted molar refractivity (Wildman–Crippen MR) is 67.6 cm³/mol. The van der Waals surface area contributed by atoms with Crippen LogP contribution in [-0.4, -0.2) is 40.8 Å². The minimum Gasteiger partial charge on any atom is -0.338 e. The van der Waals surface area contributed by atoms with Crippen LogP contribution in [0.3, 0.4) is 0 Å². The van der Waals surface area contributed by atoms with E-state index in [4.69, 9.17) is 0 Å². The summed E-state index contributed by atoms with van der Waals surface area (Å²) in [7, 11) is 1.75. The molecule has 0 saturated carbocycles. The van der Waals surface area contributed by atoms with Crippen molar-refractivity contribution in [1.82, 2.24) is 20.0 Å². The van der Waals surface area contributed by atoms with Crippen molar-refractivity contribution in [3.05, 3.63) is 31.1 Å². The molecule has 0 radical (unpaired) electrons. The Labute approximate surface area is 102 Å². The molecule has 0 bridgehead atoms. The van der Waals surface area contributed by atoms with Gasteiger partial charge in [0.05, 0.1) is 0 Å². The molecule has 0 aliphatic rings. The van der Waals surface area contributed by atoms with Crippen molar-refractivity contribution in [2.45, 2.75) is 13.5 Å². The van der Waals surface area contributed by atoms with Gasteiger partial charge in [-0.15, -0.1) is 6.58 Å². The highest BCUT2D eigenvalue weighted by molar-refractivity contribution is 5.73. The van der Waals surface area contributed by atoms with Gasteiger partial charge in [0.15, 0.2) is 0 Å². The van der Waals surface area contributed by atoms with Crippen LogP contribution in [0.2, 0.25) is 0 Å². The lowest BCUT2D eigenvalue weighted by Gasteiger charge is -2.18. The van der Waals surface area contributed by atoms with E-state index < -0.39 is 0 Å². The van der Waals surface area contributed by atoms with Gasteiger partial charge >= 0.3 is 6.03 Å². The Hall–Kier alpha value is -1.78. The molecule has 1 aromatic heterocycles. The fraction of sp³-hybridized carbons (Fsp3) is 0.500. The fourth-order valence-electron chi connectivity index (χ4n) is 1.47. The molecule has 1 rings (SSSR count). The van der Waals surface area contributed by atoms with Gasteiger partial charge < -0.3 is 10.2 Å². The number of carbonyl (C=O) groups excluding carboxylic acids is 1. The number of nitrogens with one attached hydrogen (secondary N) is 1. The van der Waals surface area contributed by atoms with Gasteiger partial charge in [-0.3, -0.25) is 4.68 Å². The van der Waals surface area contributed by atoms with Gasteiger partial charge in [0.2, 0.25) is 0 Å². The molecule has 0 fully saturated rings. The van der Waals surface area contributed by atoms with E-state index in [1.807, 2.05) is 16.9 Å². The smallest absolute Gasteiger partial charge is 0.317 e. The van der Waals surface area contributed by atoms with Gasteiger partial charge in [-0.25, -0.2) is 4.79 Å². The Morgan fingerprint density at radius 2 is 2.47 bits per heavy atom. The van der Waals surface area contributed by atoms with Crippen LogP contribution in [0, 0.1) is 5.92 Å². The van der Waals surface area contributed by atoms with Crippen molar-refractivity contribution >= 4 is 6.03 Å². The third-order valence-electron chi connectivity index (χ3n) is 2.41. The third kappa shape index (κ3) is 4.72. The van der Waals surface area contributed by atoms with Gasteiger partial charge in [-0.1, -0.05) is 13.0 Å². The molecule has 1 N–H and O–H groups in total. The number of hydrogen-bond acceptors (Lipinski definition) is 2. The Morgan fingerprint density at radius 1 is 1.71 bits per heavy atom. The zero-order valence-electron chi connectivity index (χ0n) is 10.5. The number of likely N-dealkylation sites (N-methyl/N-ethyl adjacent to an activating group) is 1. The van der Waals surface area contributed by atoms with Crippen molar-refractivity contribution in [2.75, 3.05) is 20.1 Å². The molecule has 0 saturated heterocycles. The zero-order valence-corrected chi connectivity index (χ0v) is 10.5. The summed E-state index contributed by atoms with van der Waals surface area (Å²) >= 11 is 0. The minimum absolute atomic E-state index is 0.0720. The molecule has 17 heavy (non-hydrogen) atoms. The molecular weight excluding hydrogens is 216 g/mol. The summed E-state index contributed by atoms with van der Waals surface area (Å²) in [5.74, 6) is 0.344. The second-order valence-corrected chi connectivity index (χ2v) is 4.19. The van der Waals surface area contributed by atoms with E-state index in [-0.39, 0.29) is 6.03 Å². The summed E-state index contributed by atoms with van der Waals surface area (Å²) in [6.07, 6.45) is 5.37. The lowest BCUT2D eigenvalue weighted by Crippen LogP contribution is -2.39. The maximum absolute atomic E-state index is 11.6. The highest BCUT2D eigenvalue weighted by Crippen LogP contribution is 1.98. The van der Waals surface area contributed by atoms with Crippen molar-refractivity contribution in [2.24, 2.45) is 5.92 Å². The third-order valence-corrected chi connectivity index (χ3v) is 2.41. The van der Waals surface area contributed by atoms with Crippen molar-refractivity contribution in [1.29, 1.82) is 0 Å². The van der Waals surface area contributed by atoms with Gasteiger partial charge in [0.1, 0.15) is 0 Å². The second kappa shape index (κ2) is 6.73. The van der Waals surface area contributed by atoms with Crippen LogP contribution in [0.5, 0.6) is 0 Å². The number of hydrogen-bond donors (Lipinski definition) is 1. The van der Waals surface area contributed by atoms with Crippen LogP contribution >= 0.6 is 0 Å². The SMILES string of the molecule is C=CCN(C)C(=O)NC[C@@H](C)Cn1cccn1. The first-order chi connectivity index (χ1) is 8.13. The summed E-state index contributed by atoms with van der Waals surface area (Å²) in [6, 6.07) is 1.82. The van der Waals surface area contributed by atoms with E-state index in [0.717, 1.165) is 6.54 Å².